The molecule has 3 aromatic rings. The van der Waals surface area contributed by atoms with Crippen molar-refractivity contribution in [3.05, 3.63) is 53.5 Å². The second-order valence-electron chi connectivity index (χ2n) is 7.63. The van der Waals surface area contributed by atoms with Crippen molar-refractivity contribution < 1.29 is 9.21 Å². The third-order valence-electron chi connectivity index (χ3n) is 5.65. The molecule has 1 atom stereocenters. The number of anilines is 1. The maximum Gasteiger partial charge on any atom is 0.231 e. The van der Waals surface area contributed by atoms with Gasteiger partial charge in [-0.1, -0.05) is 30.3 Å². The molecule has 3 heterocycles. The summed E-state index contributed by atoms with van der Waals surface area (Å²) in [5.74, 6) is 1.91. The summed E-state index contributed by atoms with van der Waals surface area (Å²) >= 11 is 0. The Bertz CT molecular complexity index is 983. The molecule has 2 aromatic heterocycles. The Hall–Kier alpha value is -2.89. The first-order valence-electron chi connectivity index (χ1n) is 9.79. The molecule has 6 heteroatoms. The summed E-state index contributed by atoms with van der Waals surface area (Å²) in [6.45, 7) is 6.18. The van der Waals surface area contributed by atoms with E-state index in [9.17, 15) is 4.79 Å². The summed E-state index contributed by atoms with van der Waals surface area (Å²) in [5.41, 5.74) is 2.84. The Morgan fingerprint density at radius 1 is 1.25 bits per heavy atom. The number of benzene rings is 1. The SMILES string of the molecule is Cc1oc2ncnc(N3CCCC(C(=O)N(C)Cc4ccccc4)C3)c2c1C. The molecule has 0 N–H and O–H groups in total. The van der Waals surface area contributed by atoms with Crippen LogP contribution in [0.15, 0.2) is 41.1 Å². The summed E-state index contributed by atoms with van der Waals surface area (Å²) in [6, 6.07) is 10.1. The van der Waals surface area contributed by atoms with Gasteiger partial charge < -0.3 is 14.2 Å². The van der Waals surface area contributed by atoms with Crippen LogP contribution < -0.4 is 4.90 Å². The van der Waals surface area contributed by atoms with E-state index in [2.05, 4.69) is 27.0 Å². The molecule has 0 saturated carbocycles. The summed E-state index contributed by atoms with van der Waals surface area (Å²) < 4.78 is 5.76. The molecule has 146 valence electrons. The molecule has 1 amide bonds. The monoisotopic (exact) mass is 378 g/mol. The van der Waals surface area contributed by atoms with E-state index in [0.717, 1.165) is 47.5 Å². The van der Waals surface area contributed by atoms with Gasteiger partial charge in [0.15, 0.2) is 0 Å². The zero-order valence-electron chi connectivity index (χ0n) is 16.7. The second-order valence-corrected chi connectivity index (χ2v) is 7.63. The Labute approximate surface area is 165 Å². The van der Waals surface area contributed by atoms with Crippen molar-refractivity contribution in [3.8, 4) is 0 Å². The summed E-state index contributed by atoms with van der Waals surface area (Å²) in [5, 5.41) is 0.964. The number of nitrogens with zero attached hydrogens (tertiary/aromatic N) is 4. The van der Waals surface area contributed by atoms with E-state index >= 15 is 0 Å². The lowest BCUT2D eigenvalue weighted by atomic mass is 9.96. The maximum atomic E-state index is 13.1. The van der Waals surface area contributed by atoms with Crippen LogP contribution in [0.5, 0.6) is 0 Å². The highest BCUT2D eigenvalue weighted by molar-refractivity contribution is 5.90. The van der Waals surface area contributed by atoms with Gasteiger partial charge in [-0.2, -0.15) is 0 Å². The molecule has 6 nitrogen and oxygen atoms in total. The lowest BCUT2D eigenvalue weighted by Crippen LogP contribution is -2.43. The summed E-state index contributed by atoms with van der Waals surface area (Å²) in [4.78, 5) is 25.9. The van der Waals surface area contributed by atoms with Gasteiger partial charge in [-0.25, -0.2) is 9.97 Å². The molecule has 0 bridgehead atoms. The van der Waals surface area contributed by atoms with Crippen molar-refractivity contribution in [2.75, 3.05) is 25.0 Å². The van der Waals surface area contributed by atoms with E-state index in [0.29, 0.717) is 18.8 Å². The van der Waals surface area contributed by atoms with Crippen molar-refractivity contribution in [2.45, 2.75) is 33.2 Å². The Balaban J connectivity index is 1.53. The second kappa shape index (κ2) is 7.62. The van der Waals surface area contributed by atoms with Gasteiger partial charge in [-0.15, -0.1) is 0 Å². The van der Waals surface area contributed by atoms with Gasteiger partial charge in [0, 0.05) is 32.2 Å². The quantitative estimate of drug-likeness (QED) is 0.692. The molecular weight excluding hydrogens is 352 g/mol. The minimum absolute atomic E-state index is 0.0271. The fourth-order valence-corrected chi connectivity index (χ4v) is 4.02. The minimum Gasteiger partial charge on any atom is -0.443 e. The number of aromatic nitrogens is 2. The molecule has 0 radical (unpaired) electrons. The first-order valence-corrected chi connectivity index (χ1v) is 9.79. The van der Waals surface area contributed by atoms with Gasteiger partial charge in [0.1, 0.15) is 17.9 Å². The number of furan rings is 1. The number of piperidine rings is 1. The van der Waals surface area contributed by atoms with Gasteiger partial charge in [-0.05, 0) is 32.3 Å². The molecule has 1 unspecified atom stereocenters. The Morgan fingerprint density at radius 3 is 2.82 bits per heavy atom. The average molecular weight is 378 g/mol. The highest BCUT2D eigenvalue weighted by Gasteiger charge is 2.30. The number of rotatable bonds is 4. The molecule has 0 aliphatic carbocycles. The molecule has 28 heavy (non-hydrogen) atoms. The van der Waals surface area contributed by atoms with Gasteiger partial charge in [0.05, 0.1) is 11.3 Å². The van der Waals surface area contributed by atoms with Crippen LogP contribution in [0.4, 0.5) is 5.82 Å². The lowest BCUT2D eigenvalue weighted by molar-refractivity contribution is -0.135. The van der Waals surface area contributed by atoms with Crippen LogP contribution in [-0.4, -0.2) is 40.9 Å². The maximum absolute atomic E-state index is 13.1. The number of fused-ring (bicyclic) bond motifs is 1. The van der Waals surface area contributed by atoms with Crippen molar-refractivity contribution in [2.24, 2.45) is 5.92 Å². The predicted octanol–water partition coefficient (Wildman–Crippen LogP) is 3.71. The zero-order valence-corrected chi connectivity index (χ0v) is 16.7. The molecule has 4 rings (SSSR count). The van der Waals surface area contributed by atoms with E-state index in [1.807, 2.05) is 44.0 Å². The number of amides is 1. The van der Waals surface area contributed by atoms with Crippen LogP contribution in [0, 0.1) is 19.8 Å². The molecule has 1 aliphatic heterocycles. The third kappa shape index (κ3) is 3.46. The van der Waals surface area contributed by atoms with Gasteiger partial charge in [0.2, 0.25) is 11.6 Å². The highest BCUT2D eigenvalue weighted by atomic mass is 16.3. The van der Waals surface area contributed by atoms with Crippen LogP contribution in [0.2, 0.25) is 0 Å². The summed E-state index contributed by atoms with van der Waals surface area (Å²) in [6.07, 6.45) is 3.43. The Kier molecular flexibility index (Phi) is 5.03. The fraction of sp³-hybridized carbons (Fsp3) is 0.409. The first-order chi connectivity index (χ1) is 13.5. The Morgan fingerprint density at radius 2 is 2.04 bits per heavy atom. The van der Waals surface area contributed by atoms with E-state index in [1.165, 1.54) is 0 Å². The zero-order chi connectivity index (χ0) is 19.7. The number of hydrogen-bond acceptors (Lipinski definition) is 5. The molecular formula is C22H26N4O2. The average Bonchev–Trinajstić information content (AvgIpc) is 3.02. The van der Waals surface area contributed by atoms with Gasteiger partial charge in [0.25, 0.3) is 0 Å². The number of carbonyl (C=O) groups excluding carboxylic acids is 1. The number of aryl methyl sites for hydroxylation is 2. The predicted molar refractivity (Wildman–Crippen MR) is 109 cm³/mol. The first kappa shape index (κ1) is 18.5. The molecule has 0 spiro atoms. The van der Waals surface area contributed by atoms with Gasteiger partial charge >= 0.3 is 0 Å². The van der Waals surface area contributed by atoms with E-state index < -0.39 is 0 Å². The highest BCUT2D eigenvalue weighted by Crippen LogP contribution is 2.33. The smallest absolute Gasteiger partial charge is 0.231 e. The topological polar surface area (TPSA) is 62.5 Å². The largest absolute Gasteiger partial charge is 0.443 e. The third-order valence-corrected chi connectivity index (χ3v) is 5.65. The number of hydrogen-bond donors (Lipinski definition) is 0. The summed E-state index contributed by atoms with van der Waals surface area (Å²) in [7, 11) is 1.89. The van der Waals surface area contributed by atoms with E-state index in [1.54, 1.807) is 6.33 Å². The van der Waals surface area contributed by atoms with Crippen molar-refractivity contribution in [3.63, 3.8) is 0 Å². The van der Waals surface area contributed by atoms with Crippen molar-refractivity contribution >= 4 is 22.8 Å². The standard InChI is InChI=1S/C22H26N4O2/c1-15-16(2)28-21-19(15)20(23-14-24-21)26-11-7-10-18(13-26)22(27)25(3)12-17-8-5-4-6-9-17/h4-6,8-9,14,18H,7,10-13H2,1-3H3. The van der Waals surface area contributed by atoms with Gasteiger partial charge in [-0.3, -0.25) is 4.79 Å². The van der Waals surface area contributed by atoms with Crippen LogP contribution in [-0.2, 0) is 11.3 Å². The molecule has 1 aliphatic rings. The van der Waals surface area contributed by atoms with Crippen LogP contribution >= 0.6 is 0 Å². The minimum atomic E-state index is -0.0271. The van der Waals surface area contributed by atoms with E-state index in [4.69, 9.17) is 4.42 Å². The van der Waals surface area contributed by atoms with Crippen molar-refractivity contribution in [1.29, 1.82) is 0 Å². The van der Waals surface area contributed by atoms with Crippen LogP contribution in [0.3, 0.4) is 0 Å². The lowest BCUT2D eigenvalue weighted by Gasteiger charge is -2.35. The van der Waals surface area contributed by atoms with Crippen LogP contribution in [0.25, 0.3) is 11.1 Å². The molecule has 1 aromatic carbocycles. The van der Waals surface area contributed by atoms with Crippen molar-refractivity contribution in [1.82, 2.24) is 14.9 Å². The van der Waals surface area contributed by atoms with Crippen LogP contribution in [0.1, 0.15) is 29.7 Å². The normalized spacial score (nSPS) is 17.1. The number of carbonyl (C=O) groups is 1. The molecule has 1 fully saturated rings. The van der Waals surface area contributed by atoms with E-state index in [-0.39, 0.29) is 11.8 Å². The molecule has 1 saturated heterocycles. The fourth-order valence-electron chi connectivity index (χ4n) is 4.02.